The highest BCUT2D eigenvalue weighted by Gasteiger charge is 2.23. The van der Waals surface area contributed by atoms with E-state index in [4.69, 9.17) is 4.42 Å². The smallest absolute Gasteiger partial charge is 0.203 e. The number of benzene rings is 2. The van der Waals surface area contributed by atoms with Crippen LogP contribution in [0, 0.1) is 5.92 Å². The van der Waals surface area contributed by atoms with Crippen LogP contribution in [0.3, 0.4) is 0 Å². The number of H-pyrrole nitrogens is 1. The molecule has 1 aliphatic heterocycles. The van der Waals surface area contributed by atoms with Gasteiger partial charge in [0.05, 0.1) is 22.0 Å². The van der Waals surface area contributed by atoms with Crippen LogP contribution in [0.25, 0.3) is 33.4 Å². The van der Waals surface area contributed by atoms with Crippen LogP contribution >= 0.6 is 0 Å². The minimum absolute atomic E-state index is 0.136. The monoisotopic (exact) mass is 417 g/mol. The number of para-hydroxylation sites is 2. The number of piperidine rings is 1. The molecule has 0 bridgehead atoms. The van der Waals surface area contributed by atoms with Crippen molar-refractivity contribution in [1.29, 1.82) is 0 Å². The summed E-state index contributed by atoms with van der Waals surface area (Å²) in [6, 6.07) is 9.45. The summed E-state index contributed by atoms with van der Waals surface area (Å²) in [5.74, 6) is 1.37. The fourth-order valence-corrected chi connectivity index (χ4v) is 4.71. The van der Waals surface area contributed by atoms with Gasteiger partial charge in [0, 0.05) is 13.1 Å². The van der Waals surface area contributed by atoms with Crippen molar-refractivity contribution >= 4 is 22.0 Å². The zero-order chi connectivity index (χ0) is 21.5. The average Bonchev–Trinajstić information content (AvgIpc) is 3.20. The number of nitrogens with zero attached hydrogens (tertiary/aromatic N) is 2. The number of imidazole rings is 1. The third kappa shape index (κ3) is 3.51. The molecule has 160 valence electrons. The Morgan fingerprint density at radius 2 is 2.16 bits per heavy atom. The van der Waals surface area contributed by atoms with Gasteiger partial charge in [-0.25, -0.2) is 4.98 Å². The van der Waals surface area contributed by atoms with Gasteiger partial charge in [0.15, 0.2) is 0 Å². The molecular formula is C25H27N3O3. The number of fused-ring (bicyclic) bond motifs is 2. The fourth-order valence-electron chi connectivity index (χ4n) is 4.71. The van der Waals surface area contributed by atoms with Crippen molar-refractivity contribution in [3.63, 3.8) is 0 Å². The van der Waals surface area contributed by atoms with E-state index >= 15 is 0 Å². The Labute approximate surface area is 180 Å². The molecule has 1 fully saturated rings. The summed E-state index contributed by atoms with van der Waals surface area (Å²) >= 11 is 0. The van der Waals surface area contributed by atoms with Gasteiger partial charge < -0.3 is 14.5 Å². The number of rotatable bonds is 4. The molecule has 4 aromatic rings. The molecule has 31 heavy (non-hydrogen) atoms. The number of aromatic hydroxyl groups is 1. The van der Waals surface area contributed by atoms with Crippen LogP contribution < -0.4 is 5.43 Å². The molecule has 0 saturated carbocycles. The molecule has 1 atom stereocenters. The molecule has 2 aromatic carbocycles. The lowest BCUT2D eigenvalue weighted by atomic mass is 9.97. The summed E-state index contributed by atoms with van der Waals surface area (Å²) in [5, 5.41) is 11.4. The number of hydrogen-bond acceptors (Lipinski definition) is 5. The van der Waals surface area contributed by atoms with Crippen LogP contribution in [-0.4, -0.2) is 33.1 Å². The number of phenols is 1. The summed E-state index contributed by atoms with van der Waals surface area (Å²) in [4.78, 5) is 23.6. The molecule has 6 nitrogen and oxygen atoms in total. The predicted octanol–water partition coefficient (Wildman–Crippen LogP) is 4.84. The standard InChI is InChI=1S/C25H27N3O3/c1-3-16-11-17-23(30)19(25-26-20-8-4-5-9-21(20)27-25)14-31-24(17)18(22(16)29)13-28-10-6-7-15(2)12-28/h4-5,8-9,11,14-15,29H,3,6-7,10,12-13H2,1-2H3,(H,26,27)/t15-/m0/s1. The topological polar surface area (TPSA) is 82.4 Å². The third-order valence-corrected chi connectivity index (χ3v) is 6.36. The Hall–Kier alpha value is -3.12. The second-order valence-electron chi connectivity index (χ2n) is 8.66. The van der Waals surface area contributed by atoms with Crippen molar-refractivity contribution in [3.8, 4) is 17.1 Å². The molecular weight excluding hydrogens is 390 g/mol. The van der Waals surface area contributed by atoms with Crippen molar-refractivity contribution < 1.29 is 9.52 Å². The van der Waals surface area contributed by atoms with E-state index in [2.05, 4.69) is 21.8 Å². The minimum atomic E-state index is -0.136. The zero-order valence-electron chi connectivity index (χ0n) is 17.9. The van der Waals surface area contributed by atoms with Gasteiger partial charge in [-0.1, -0.05) is 26.0 Å². The van der Waals surface area contributed by atoms with Crippen LogP contribution in [0.4, 0.5) is 0 Å². The summed E-state index contributed by atoms with van der Waals surface area (Å²) in [6.45, 7) is 6.79. The number of phenolic OH excluding ortho intramolecular Hbond substituents is 1. The van der Waals surface area contributed by atoms with E-state index in [9.17, 15) is 9.90 Å². The minimum Gasteiger partial charge on any atom is -0.507 e. The molecule has 0 amide bonds. The molecule has 0 unspecified atom stereocenters. The molecule has 0 aliphatic carbocycles. The van der Waals surface area contributed by atoms with Gasteiger partial charge in [-0.15, -0.1) is 0 Å². The highest BCUT2D eigenvalue weighted by molar-refractivity contribution is 5.87. The first kappa shape index (κ1) is 19.8. The van der Waals surface area contributed by atoms with E-state index in [0.29, 0.717) is 46.8 Å². The van der Waals surface area contributed by atoms with Crippen molar-refractivity contribution in [2.24, 2.45) is 5.92 Å². The number of aromatic nitrogens is 2. The van der Waals surface area contributed by atoms with E-state index in [1.165, 1.54) is 12.7 Å². The second-order valence-corrected chi connectivity index (χ2v) is 8.66. The van der Waals surface area contributed by atoms with E-state index < -0.39 is 0 Å². The first-order valence-corrected chi connectivity index (χ1v) is 11.0. The summed E-state index contributed by atoms with van der Waals surface area (Å²) < 4.78 is 6.01. The SMILES string of the molecule is CCc1cc2c(=O)c(-c3nc4ccccc4[nH]3)coc2c(CN2CCC[C@H](C)C2)c1O. The molecule has 1 saturated heterocycles. The lowest BCUT2D eigenvalue weighted by Crippen LogP contribution is -2.33. The van der Waals surface area contributed by atoms with Crippen LogP contribution in [-0.2, 0) is 13.0 Å². The highest BCUT2D eigenvalue weighted by Crippen LogP contribution is 2.34. The molecule has 0 spiro atoms. The molecule has 3 heterocycles. The van der Waals surface area contributed by atoms with Crippen molar-refractivity contribution in [2.75, 3.05) is 13.1 Å². The molecule has 2 aromatic heterocycles. The predicted molar refractivity (Wildman–Crippen MR) is 122 cm³/mol. The largest absolute Gasteiger partial charge is 0.507 e. The Morgan fingerprint density at radius 1 is 1.32 bits per heavy atom. The summed E-state index contributed by atoms with van der Waals surface area (Å²) in [7, 11) is 0. The number of hydrogen-bond donors (Lipinski definition) is 2. The van der Waals surface area contributed by atoms with Gasteiger partial charge in [-0.05, 0) is 55.5 Å². The molecule has 5 rings (SSSR count). The van der Waals surface area contributed by atoms with Crippen LogP contribution in [0.15, 0.2) is 45.8 Å². The maximum atomic E-state index is 13.5. The molecule has 1 aliphatic rings. The van der Waals surface area contributed by atoms with Crippen molar-refractivity contribution in [1.82, 2.24) is 14.9 Å². The number of likely N-dealkylation sites (tertiary alicyclic amines) is 1. The Balaban J connectivity index is 1.65. The van der Waals surface area contributed by atoms with Crippen molar-refractivity contribution in [3.05, 3.63) is 57.9 Å². The van der Waals surface area contributed by atoms with E-state index in [1.54, 1.807) is 6.07 Å². The Kier molecular flexibility index (Phi) is 5.02. The normalized spacial score (nSPS) is 17.5. The van der Waals surface area contributed by atoms with E-state index in [-0.39, 0.29) is 11.2 Å². The lowest BCUT2D eigenvalue weighted by molar-refractivity contribution is 0.175. The first-order chi connectivity index (χ1) is 15.0. The third-order valence-electron chi connectivity index (χ3n) is 6.36. The van der Waals surface area contributed by atoms with Gasteiger partial charge in [0.25, 0.3) is 0 Å². The van der Waals surface area contributed by atoms with E-state index in [1.807, 2.05) is 31.2 Å². The number of aryl methyl sites for hydroxylation is 1. The average molecular weight is 418 g/mol. The number of aromatic amines is 1. The van der Waals surface area contributed by atoms with Crippen LogP contribution in [0.2, 0.25) is 0 Å². The Morgan fingerprint density at radius 3 is 2.94 bits per heavy atom. The molecule has 6 heteroatoms. The Bertz CT molecular complexity index is 1290. The molecule has 2 N–H and O–H groups in total. The fraction of sp³-hybridized carbons (Fsp3) is 0.360. The van der Waals surface area contributed by atoms with Crippen molar-refractivity contribution in [2.45, 2.75) is 39.7 Å². The van der Waals surface area contributed by atoms with Gasteiger partial charge >= 0.3 is 0 Å². The number of nitrogens with one attached hydrogen (secondary N) is 1. The van der Waals surface area contributed by atoms with Gasteiger partial charge in [-0.3, -0.25) is 9.69 Å². The van der Waals surface area contributed by atoms with Crippen LogP contribution in [0.5, 0.6) is 5.75 Å². The first-order valence-electron chi connectivity index (χ1n) is 11.0. The highest BCUT2D eigenvalue weighted by atomic mass is 16.3. The summed E-state index contributed by atoms with van der Waals surface area (Å²) in [5.41, 5.74) is 3.88. The zero-order valence-corrected chi connectivity index (χ0v) is 17.9. The maximum Gasteiger partial charge on any atom is 0.203 e. The van der Waals surface area contributed by atoms with Gasteiger partial charge in [-0.2, -0.15) is 0 Å². The van der Waals surface area contributed by atoms with E-state index in [0.717, 1.165) is 36.1 Å². The van der Waals surface area contributed by atoms with Gasteiger partial charge in [0.2, 0.25) is 5.43 Å². The lowest BCUT2D eigenvalue weighted by Gasteiger charge is -2.31. The van der Waals surface area contributed by atoms with Gasteiger partial charge in [0.1, 0.15) is 29.0 Å². The van der Waals surface area contributed by atoms with Crippen LogP contribution in [0.1, 0.15) is 37.8 Å². The second kappa shape index (κ2) is 7.85. The summed E-state index contributed by atoms with van der Waals surface area (Å²) in [6.07, 6.45) is 4.48. The quantitative estimate of drug-likeness (QED) is 0.497. The maximum absolute atomic E-state index is 13.5. The molecule has 0 radical (unpaired) electrons.